The van der Waals surface area contributed by atoms with E-state index in [0.29, 0.717) is 33.8 Å². The molecule has 0 aliphatic carbocycles. The van der Waals surface area contributed by atoms with Crippen LogP contribution in [-0.2, 0) is 0 Å². The summed E-state index contributed by atoms with van der Waals surface area (Å²) < 4.78 is 17.5. The molecule has 2 aromatic carbocycles. The van der Waals surface area contributed by atoms with Gasteiger partial charge < -0.3 is 19.0 Å². The van der Waals surface area contributed by atoms with Gasteiger partial charge in [0.15, 0.2) is 28.2 Å². The van der Waals surface area contributed by atoms with Crippen LogP contribution in [-0.4, -0.2) is 28.4 Å². The average molecular weight is 389 g/mol. The summed E-state index contributed by atoms with van der Waals surface area (Å²) in [6, 6.07) is 10.5. The number of aromatic amines is 2. The number of aromatic nitrogens is 3. The van der Waals surface area contributed by atoms with E-state index in [-0.39, 0.29) is 11.5 Å². The lowest BCUT2D eigenvalue weighted by Gasteiger charge is -2.15. The van der Waals surface area contributed by atoms with E-state index in [1.165, 1.54) is 12.1 Å². The van der Waals surface area contributed by atoms with Gasteiger partial charge in [0.05, 0.1) is 13.2 Å². The molecule has 3 aromatic heterocycles. The van der Waals surface area contributed by atoms with Crippen LogP contribution in [0.15, 0.2) is 51.8 Å². The van der Waals surface area contributed by atoms with Gasteiger partial charge in [0.1, 0.15) is 11.1 Å². The molecule has 0 spiro atoms. The van der Waals surface area contributed by atoms with E-state index in [9.17, 15) is 4.79 Å². The third kappa shape index (κ3) is 2.74. The Labute approximate surface area is 165 Å². The molecular weight excluding hydrogens is 370 g/mol. The van der Waals surface area contributed by atoms with Crippen LogP contribution in [0.1, 0.15) is 13.8 Å². The Bertz CT molecular complexity index is 1430. The molecule has 0 fully saturated rings. The maximum absolute atomic E-state index is 11.8. The summed E-state index contributed by atoms with van der Waals surface area (Å²) in [7, 11) is 1.62. The number of furan rings is 1. The first-order valence-electron chi connectivity index (χ1n) is 9.32. The number of nitrogens with one attached hydrogen (secondary N) is 2. The summed E-state index contributed by atoms with van der Waals surface area (Å²) in [6.45, 7) is 3.94. The molecule has 5 aromatic rings. The van der Waals surface area contributed by atoms with E-state index in [1.807, 2.05) is 38.2 Å². The summed E-state index contributed by atoms with van der Waals surface area (Å²) in [5, 5.41) is 7.73. The third-order valence-corrected chi connectivity index (χ3v) is 4.83. The molecule has 29 heavy (non-hydrogen) atoms. The average Bonchev–Trinajstić information content (AvgIpc) is 3.29. The van der Waals surface area contributed by atoms with Crippen molar-refractivity contribution in [3.63, 3.8) is 0 Å². The van der Waals surface area contributed by atoms with Crippen molar-refractivity contribution in [2.45, 2.75) is 20.0 Å². The van der Waals surface area contributed by atoms with E-state index in [1.54, 1.807) is 13.2 Å². The SMILES string of the molecule is COc1cc(-c2c3c[nH][nH]c3nc3c2oc2cc(=O)ccc23)ccc1OC(C)C. The molecule has 7 nitrogen and oxygen atoms in total. The fourth-order valence-corrected chi connectivity index (χ4v) is 3.63. The molecular formula is C22H19N3O4. The predicted octanol–water partition coefficient (Wildman–Crippen LogP) is 4.61. The fourth-order valence-electron chi connectivity index (χ4n) is 3.63. The van der Waals surface area contributed by atoms with Crippen LogP contribution in [0.3, 0.4) is 0 Å². The zero-order valence-corrected chi connectivity index (χ0v) is 16.2. The molecule has 0 saturated carbocycles. The summed E-state index contributed by atoms with van der Waals surface area (Å²) in [4.78, 5) is 16.5. The predicted molar refractivity (Wildman–Crippen MR) is 112 cm³/mol. The number of pyridine rings is 1. The molecule has 0 radical (unpaired) electrons. The molecule has 146 valence electrons. The quantitative estimate of drug-likeness (QED) is 0.468. The van der Waals surface area contributed by atoms with Gasteiger partial charge in [-0.15, -0.1) is 0 Å². The van der Waals surface area contributed by atoms with Crippen LogP contribution in [0.25, 0.3) is 44.2 Å². The topological polar surface area (TPSA) is 93.1 Å². The van der Waals surface area contributed by atoms with Crippen molar-refractivity contribution in [3.8, 4) is 22.6 Å². The molecule has 0 saturated heterocycles. The minimum Gasteiger partial charge on any atom is -0.493 e. The highest BCUT2D eigenvalue weighted by molar-refractivity contribution is 6.14. The second kappa shape index (κ2) is 6.41. The van der Waals surface area contributed by atoms with Gasteiger partial charge in [0.2, 0.25) is 0 Å². The number of methoxy groups -OCH3 is 1. The van der Waals surface area contributed by atoms with Crippen molar-refractivity contribution in [1.82, 2.24) is 15.2 Å². The first-order valence-corrected chi connectivity index (χ1v) is 9.32. The Balaban J connectivity index is 1.84. The molecule has 0 unspecified atom stereocenters. The van der Waals surface area contributed by atoms with E-state index in [0.717, 1.165) is 21.9 Å². The number of hydrogen-bond acceptors (Lipinski definition) is 5. The molecule has 0 amide bonds. The van der Waals surface area contributed by atoms with Crippen LogP contribution in [0.5, 0.6) is 11.5 Å². The summed E-state index contributed by atoms with van der Waals surface area (Å²) >= 11 is 0. The minimum atomic E-state index is -0.103. The van der Waals surface area contributed by atoms with Crippen molar-refractivity contribution < 1.29 is 13.9 Å². The Hall–Kier alpha value is -3.74. The standard InChI is InChI=1S/C22H19N3O4/c1-11(2)28-16-7-4-12(8-18(16)27-3)19-15-10-23-25-22(15)24-20-14-6-5-13(26)9-17(14)29-21(19)20/h4-11H,1-3H3,(H2,23,24,25). The summed E-state index contributed by atoms with van der Waals surface area (Å²) in [5.41, 5.74) is 4.18. The number of rotatable bonds is 4. The summed E-state index contributed by atoms with van der Waals surface area (Å²) in [6.07, 6.45) is 1.87. The van der Waals surface area contributed by atoms with Crippen LogP contribution in [0.2, 0.25) is 0 Å². The zero-order chi connectivity index (χ0) is 20.1. The number of nitrogens with zero attached hydrogens (tertiary/aromatic N) is 1. The van der Waals surface area contributed by atoms with Gasteiger partial charge in [0.25, 0.3) is 0 Å². The Morgan fingerprint density at radius 1 is 1.07 bits per heavy atom. The Morgan fingerprint density at radius 3 is 2.72 bits per heavy atom. The number of benzene rings is 2. The summed E-state index contributed by atoms with van der Waals surface area (Å²) in [5.74, 6) is 1.31. The maximum atomic E-state index is 11.8. The van der Waals surface area contributed by atoms with E-state index in [2.05, 4.69) is 10.2 Å². The van der Waals surface area contributed by atoms with Crippen molar-refractivity contribution in [1.29, 1.82) is 0 Å². The highest BCUT2D eigenvalue weighted by Gasteiger charge is 2.20. The normalized spacial score (nSPS) is 11.7. The zero-order valence-electron chi connectivity index (χ0n) is 16.2. The van der Waals surface area contributed by atoms with E-state index < -0.39 is 0 Å². The van der Waals surface area contributed by atoms with Crippen LogP contribution in [0, 0.1) is 0 Å². The molecule has 5 rings (SSSR count). The van der Waals surface area contributed by atoms with Gasteiger partial charge >= 0.3 is 0 Å². The van der Waals surface area contributed by atoms with Crippen LogP contribution < -0.4 is 14.9 Å². The Morgan fingerprint density at radius 2 is 1.93 bits per heavy atom. The van der Waals surface area contributed by atoms with Gasteiger partial charge in [0, 0.05) is 28.6 Å². The molecule has 2 N–H and O–H groups in total. The highest BCUT2D eigenvalue weighted by Crippen LogP contribution is 2.41. The van der Waals surface area contributed by atoms with Gasteiger partial charge in [-0.3, -0.25) is 9.89 Å². The first kappa shape index (κ1) is 17.4. The molecule has 7 heteroatoms. The van der Waals surface area contributed by atoms with Gasteiger partial charge in [-0.2, -0.15) is 0 Å². The third-order valence-electron chi connectivity index (χ3n) is 4.83. The van der Waals surface area contributed by atoms with Gasteiger partial charge in [-0.05, 0) is 43.7 Å². The van der Waals surface area contributed by atoms with Crippen molar-refractivity contribution in [3.05, 3.63) is 52.8 Å². The fraction of sp³-hybridized carbons (Fsp3) is 0.182. The molecule has 0 atom stereocenters. The molecule has 0 bridgehead atoms. The lowest BCUT2D eigenvalue weighted by atomic mass is 10.0. The monoisotopic (exact) mass is 389 g/mol. The maximum Gasteiger partial charge on any atom is 0.182 e. The van der Waals surface area contributed by atoms with Gasteiger partial charge in [-0.1, -0.05) is 6.07 Å². The lowest BCUT2D eigenvalue weighted by Crippen LogP contribution is -2.06. The number of fused-ring (bicyclic) bond motifs is 4. The largest absolute Gasteiger partial charge is 0.493 e. The van der Waals surface area contributed by atoms with E-state index in [4.69, 9.17) is 18.9 Å². The van der Waals surface area contributed by atoms with Gasteiger partial charge in [-0.25, -0.2) is 4.98 Å². The number of H-pyrrole nitrogens is 2. The number of hydrogen-bond donors (Lipinski definition) is 2. The smallest absolute Gasteiger partial charge is 0.182 e. The minimum absolute atomic E-state index is 0.0324. The van der Waals surface area contributed by atoms with Crippen molar-refractivity contribution in [2.75, 3.05) is 7.11 Å². The van der Waals surface area contributed by atoms with Crippen LogP contribution >= 0.6 is 0 Å². The highest BCUT2D eigenvalue weighted by atomic mass is 16.5. The number of ether oxygens (including phenoxy) is 2. The van der Waals surface area contributed by atoms with Crippen LogP contribution in [0.4, 0.5) is 0 Å². The second-order valence-corrected chi connectivity index (χ2v) is 7.13. The second-order valence-electron chi connectivity index (χ2n) is 7.13. The van der Waals surface area contributed by atoms with E-state index >= 15 is 0 Å². The van der Waals surface area contributed by atoms with Crippen molar-refractivity contribution in [2.24, 2.45) is 0 Å². The lowest BCUT2D eigenvalue weighted by molar-refractivity contribution is 0.230. The Kier molecular flexibility index (Phi) is 3.84. The first-order chi connectivity index (χ1) is 14.0. The molecule has 3 heterocycles. The molecule has 0 aliphatic heterocycles. The van der Waals surface area contributed by atoms with Crippen molar-refractivity contribution >= 4 is 33.1 Å². The molecule has 0 aliphatic rings.